The summed E-state index contributed by atoms with van der Waals surface area (Å²) in [7, 11) is 0. The fourth-order valence-corrected chi connectivity index (χ4v) is 2.30. The fourth-order valence-electron chi connectivity index (χ4n) is 2.30. The van der Waals surface area contributed by atoms with Crippen LogP contribution in [0.5, 0.6) is 5.75 Å². The van der Waals surface area contributed by atoms with Gasteiger partial charge in [-0.2, -0.15) is 8.78 Å². The van der Waals surface area contributed by atoms with Crippen molar-refractivity contribution in [2.45, 2.75) is 26.5 Å². The number of hydrogen-bond acceptors (Lipinski definition) is 4. The number of anilines is 1. The van der Waals surface area contributed by atoms with Crippen LogP contribution in [0.3, 0.4) is 0 Å². The Morgan fingerprint density at radius 3 is 2.58 bits per heavy atom. The Morgan fingerprint density at radius 1 is 1.23 bits per heavy atom. The molecule has 0 radical (unpaired) electrons. The second-order valence-corrected chi connectivity index (χ2v) is 5.53. The number of nitrogens with one attached hydrogen (secondary N) is 2. The summed E-state index contributed by atoms with van der Waals surface area (Å²) in [6.07, 6.45) is 0. The van der Waals surface area contributed by atoms with Gasteiger partial charge >= 0.3 is 12.6 Å². The molecule has 2 amide bonds. The molecule has 2 aromatic carbocycles. The second-order valence-electron chi connectivity index (χ2n) is 5.53. The number of nitro benzene ring substituents is 1. The molecule has 2 N–H and O–H groups in total. The van der Waals surface area contributed by atoms with Crippen LogP contribution in [0.15, 0.2) is 42.5 Å². The van der Waals surface area contributed by atoms with Gasteiger partial charge in [0.2, 0.25) is 0 Å². The van der Waals surface area contributed by atoms with Crippen LogP contribution in [-0.2, 0) is 0 Å². The number of nitro groups is 1. The topological polar surface area (TPSA) is 93.5 Å². The molecule has 0 saturated heterocycles. The number of non-ortho nitro benzene ring substituents is 1. The quantitative estimate of drug-likeness (QED) is 0.586. The third-order valence-electron chi connectivity index (χ3n) is 3.60. The number of nitrogens with zero attached hydrogens (tertiary/aromatic N) is 1. The summed E-state index contributed by atoms with van der Waals surface area (Å²) in [4.78, 5) is 22.3. The molecule has 0 fully saturated rings. The van der Waals surface area contributed by atoms with E-state index in [1.54, 1.807) is 26.0 Å². The number of amides is 2. The monoisotopic (exact) mass is 365 g/mol. The number of rotatable bonds is 6. The standard InChI is InChI=1S/C17H17F2N3O4/c1-10-8-13(22(24)25)6-7-15(10)21-17(23)20-11(2)12-4-3-5-14(9-12)26-16(18)19/h3-9,11,16H,1-2H3,(H2,20,21,23)/t11-/m1/s1. The highest BCUT2D eigenvalue weighted by atomic mass is 19.3. The third-order valence-corrected chi connectivity index (χ3v) is 3.60. The number of urea groups is 1. The summed E-state index contributed by atoms with van der Waals surface area (Å²) in [5.41, 5.74) is 1.47. The lowest BCUT2D eigenvalue weighted by Crippen LogP contribution is -2.31. The zero-order valence-electron chi connectivity index (χ0n) is 14.0. The van der Waals surface area contributed by atoms with E-state index in [0.29, 0.717) is 16.8 Å². The summed E-state index contributed by atoms with van der Waals surface area (Å²) in [5, 5.41) is 16.0. The van der Waals surface area contributed by atoms with Crippen molar-refractivity contribution in [2.75, 3.05) is 5.32 Å². The number of carbonyl (C=O) groups is 1. The molecule has 0 aliphatic heterocycles. The van der Waals surface area contributed by atoms with Gasteiger partial charge in [-0.25, -0.2) is 4.79 Å². The van der Waals surface area contributed by atoms with Crippen LogP contribution in [-0.4, -0.2) is 17.6 Å². The van der Waals surface area contributed by atoms with E-state index < -0.39 is 23.6 Å². The molecule has 0 spiro atoms. The van der Waals surface area contributed by atoms with Gasteiger partial charge in [0.05, 0.1) is 11.0 Å². The first-order valence-electron chi connectivity index (χ1n) is 7.63. The lowest BCUT2D eigenvalue weighted by Gasteiger charge is -2.16. The molecule has 0 aliphatic carbocycles. The fraction of sp³-hybridized carbons (Fsp3) is 0.235. The Kier molecular flexibility index (Phi) is 6.05. The van der Waals surface area contributed by atoms with Crippen LogP contribution in [0.1, 0.15) is 24.1 Å². The van der Waals surface area contributed by atoms with Gasteiger partial charge in [0, 0.05) is 17.8 Å². The first-order valence-corrected chi connectivity index (χ1v) is 7.63. The number of aryl methyl sites for hydroxylation is 1. The summed E-state index contributed by atoms with van der Waals surface area (Å²) in [6.45, 7) is 0.392. The van der Waals surface area contributed by atoms with E-state index in [9.17, 15) is 23.7 Å². The Hall–Kier alpha value is -3.23. The van der Waals surface area contributed by atoms with Crippen molar-refractivity contribution in [2.24, 2.45) is 0 Å². The highest BCUT2D eigenvalue weighted by Crippen LogP contribution is 2.23. The molecule has 0 bridgehead atoms. The van der Waals surface area contributed by atoms with E-state index in [2.05, 4.69) is 15.4 Å². The van der Waals surface area contributed by atoms with Crippen molar-refractivity contribution in [1.29, 1.82) is 0 Å². The maximum absolute atomic E-state index is 12.3. The first kappa shape index (κ1) is 19.1. The van der Waals surface area contributed by atoms with Gasteiger partial charge in [-0.15, -0.1) is 0 Å². The van der Waals surface area contributed by atoms with Gasteiger partial charge in [0.15, 0.2) is 0 Å². The second kappa shape index (κ2) is 8.24. The van der Waals surface area contributed by atoms with E-state index in [4.69, 9.17) is 0 Å². The largest absolute Gasteiger partial charge is 0.435 e. The summed E-state index contributed by atoms with van der Waals surface area (Å²) >= 11 is 0. The molecule has 0 aromatic heterocycles. The molecule has 2 aromatic rings. The molecule has 26 heavy (non-hydrogen) atoms. The van der Waals surface area contributed by atoms with Crippen LogP contribution in [0, 0.1) is 17.0 Å². The zero-order valence-corrected chi connectivity index (χ0v) is 14.0. The maximum Gasteiger partial charge on any atom is 0.387 e. The van der Waals surface area contributed by atoms with Gasteiger partial charge in [-0.05, 0) is 43.2 Å². The van der Waals surface area contributed by atoms with Crippen molar-refractivity contribution >= 4 is 17.4 Å². The van der Waals surface area contributed by atoms with Crippen LogP contribution in [0.25, 0.3) is 0 Å². The van der Waals surface area contributed by atoms with Crippen molar-refractivity contribution in [3.63, 3.8) is 0 Å². The lowest BCUT2D eigenvalue weighted by atomic mass is 10.1. The Morgan fingerprint density at radius 2 is 1.96 bits per heavy atom. The van der Waals surface area contributed by atoms with Crippen LogP contribution in [0.2, 0.25) is 0 Å². The molecule has 2 rings (SSSR count). The molecule has 0 unspecified atom stereocenters. The minimum atomic E-state index is -2.93. The molecule has 0 heterocycles. The molecule has 7 nitrogen and oxygen atoms in total. The molecule has 0 aliphatic rings. The van der Waals surface area contributed by atoms with Gasteiger partial charge in [0.25, 0.3) is 5.69 Å². The van der Waals surface area contributed by atoms with Crippen molar-refractivity contribution in [3.8, 4) is 5.75 Å². The molecule has 9 heteroatoms. The molecular weight excluding hydrogens is 348 g/mol. The van der Waals surface area contributed by atoms with E-state index in [0.717, 1.165) is 0 Å². The van der Waals surface area contributed by atoms with Crippen molar-refractivity contribution in [3.05, 3.63) is 63.7 Å². The molecular formula is C17H17F2N3O4. The van der Waals surface area contributed by atoms with Crippen LogP contribution >= 0.6 is 0 Å². The van der Waals surface area contributed by atoms with E-state index in [-0.39, 0.29) is 11.4 Å². The van der Waals surface area contributed by atoms with Crippen LogP contribution < -0.4 is 15.4 Å². The summed E-state index contributed by atoms with van der Waals surface area (Å²) in [5.74, 6) is -0.00206. The van der Waals surface area contributed by atoms with Crippen molar-refractivity contribution in [1.82, 2.24) is 5.32 Å². The van der Waals surface area contributed by atoms with Gasteiger partial charge in [-0.1, -0.05) is 12.1 Å². The highest BCUT2D eigenvalue weighted by Gasteiger charge is 2.14. The highest BCUT2D eigenvalue weighted by molar-refractivity contribution is 5.90. The zero-order chi connectivity index (χ0) is 19.3. The number of carbonyl (C=O) groups excluding carboxylic acids is 1. The molecule has 138 valence electrons. The summed E-state index contributed by atoms with van der Waals surface area (Å²) < 4.78 is 28.9. The smallest absolute Gasteiger partial charge is 0.387 e. The number of hydrogen-bond donors (Lipinski definition) is 2. The summed E-state index contributed by atoms with van der Waals surface area (Å²) in [6, 6.07) is 9.08. The first-order chi connectivity index (χ1) is 12.3. The predicted molar refractivity (Wildman–Crippen MR) is 91.5 cm³/mol. The SMILES string of the molecule is Cc1cc([N+](=O)[O-])ccc1NC(=O)N[C@H](C)c1cccc(OC(F)F)c1. The van der Waals surface area contributed by atoms with Gasteiger partial charge < -0.3 is 15.4 Å². The van der Waals surface area contributed by atoms with E-state index in [1.807, 2.05) is 0 Å². The number of halogens is 2. The third kappa shape index (κ3) is 5.13. The Balaban J connectivity index is 2.02. The van der Waals surface area contributed by atoms with Gasteiger partial charge in [0.1, 0.15) is 5.75 Å². The number of benzene rings is 2. The normalized spacial score (nSPS) is 11.7. The molecule has 1 atom stereocenters. The average Bonchev–Trinajstić information content (AvgIpc) is 2.56. The van der Waals surface area contributed by atoms with Crippen LogP contribution in [0.4, 0.5) is 25.0 Å². The Labute approximate surface area is 148 Å². The number of alkyl halides is 2. The lowest BCUT2D eigenvalue weighted by molar-refractivity contribution is -0.384. The number of ether oxygens (including phenoxy) is 1. The van der Waals surface area contributed by atoms with E-state index >= 15 is 0 Å². The predicted octanol–water partition coefficient (Wildman–Crippen LogP) is 4.39. The van der Waals surface area contributed by atoms with Crippen molar-refractivity contribution < 1.29 is 23.2 Å². The molecule has 0 saturated carbocycles. The van der Waals surface area contributed by atoms with E-state index in [1.165, 1.54) is 30.3 Å². The minimum absolute atomic E-state index is 0.00206. The average molecular weight is 365 g/mol. The maximum atomic E-state index is 12.3. The van der Waals surface area contributed by atoms with Gasteiger partial charge in [-0.3, -0.25) is 10.1 Å². The Bertz CT molecular complexity index is 814. The minimum Gasteiger partial charge on any atom is -0.435 e.